The second-order valence-corrected chi connectivity index (χ2v) is 11.8. The summed E-state index contributed by atoms with van der Waals surface area (Å²) in [7, 11) is -3.82. The van der Waals surface area contributed by atoms with Crippen molar-refractivity contribution in [1.29, 1.82) is 0 Å². The van der Waals surface area contributed by atoms with Gasteiger partial charge in [0.15, 0.2) is 0 Å². The van der Waals surface area contributed by atoms with Crippen molar-refractivity contribution in [1.82, 2.24) is 19.5 Å². The first-order valence-electron chi connectivity index (χ1n) is 13.1. The maximum atomic E-state index is 13.9. The Morgan fingerprint density at radius 3 is 2.50 bits per heavy atom. The minimum absolute atomic E-state index is 0.0165. The molecule has 2 aliphatic heterocycles. The molecule has 2 saturated heterocycles. The summed E-state index contributed by atoms with van der Waals surface area (Å²) < 4.78 is 28.8. The van der Waals surface area contributed by atoms with Gasteiger partial charge in [0, 0.05) is 36.9 Å². The molecule has 2 amide bonds. The van der Waals surface area contributed by atoms with E-state index in [4.69, 9.17) is 0 Å². The molecule has 1 spiro atoms. The Kier molecular flexibility index (Phi) is 7.36. The summed E-state index contributed by atoms with van der Waals surface area (Å²) in [5, 5.41) is 3.65. The van der Waals surface area contributed by atoms with Crippen molar-refractivity contribution < 1.29 is 18.0 Å². The highest BCUT2D eigenvalue weighted by Gasteiger charge is 2.55. The van der Waals surface area contributed by atoms with Gasteiger partial charge in [-0.25, -0.2) is 8.42 Å². The summed E-state index contributed by atoms with van der Waals surface area (Å²) in [6, 6.07) is 18.4. The number of benzene rings is 2. The molecule has 38 heavy (non-hydrogen) atoms. The van der Waals surface area contributed by atoms with Crippen molar-refractivity contribution in [3.8, 4) is 0 Å². The fraction of sp³-hybridized carbons (Fsp3) is 0.393. The van der Waals surface area contributed by atoms with Crippen LogP contribution in [0.25, 0.3) is 10.9 Å². The topological polar surface area (TPSA) is 103 Å². The maximum absolute atomic E-state index is 13.9. The summed E-state index contributed by atoms with van der Waals surface area (Å²) in [4.78, 5) is 34.6. The first-order chi connectivity index (χ1) is 18.4. The molecule has 200 valence electrons. The molecule has 2 aromatic carbocycles. The lowest BCUT2D eigenvalue weighted by Gasteiger charge is -2.42. The van der Waals surface area contributed by atoms with Gasteiger partial charge in [0.2, 0.25) is 21.8 Å². The number of anilines is 1. The average Bonchev–Trinajstić information content (AvgIpc) is 3.19. The first-order valence-corrected chi connectivity index (χ1v) is 14.5. The number of para-hydroxylation sites is 2. The van der Waals surface area contributed by atoms with Gasteiger partial charge in [0.25, 0.3) is 0 Å². The van der Waals surface area contributed by atoms with Crippen LogP contribution in [0, 0.1) is 0 Å². The van der Waals surface area contributed by atoms with E-state index in [1.807, 2.05) is 47.4 Å². The summed E-state index contributed by atoms with van der Waals surface area (Å²) in [6.07, 6.45) is 4.10. The average molecular weight is 536 g/mol. The highest BCUT2D eigenvalue weighted by Crippen LogP contribution is 2.40. The number of hydrogen-bond acceptors (Lipinski definition) is 6. The molecule has 10 heteroatoms. The number of fused-ring (bicyclic) bond motifs is 1. The van der Waals surface area contributed by atoms with Crippen LogP contribution in [0.2, 0.25) is 0 Å². The van der Waals surface area contributed by atoms with Gasteiger partial charge < -0.3 is 15.1 Å². The van der Waals surface area contributed by atoms with Crippen molar-refractivity contribution in [3.63, 3.8) is 0 Å². The van der Waals surface area contributed by atoms with Gasteiger partial charge in [-0.05, 0) is 43.5 Å². The summed E-state index contributed by atoms with van der Waals surface area (Å²) in [5.74, 6) is -0.309. The van der Waals surface area contributed by atoms with Gasteiger partial charge in [0.05, 0.1) is 12.2 Å². The SMILES string of the molecule is CCCCNC(=O)CN1CN(c2ccccc2)C2(CCN(S(=O)(=O)c3cccc4cccnc34)CC2)C1=O. The lowest BCUT2D eigenvalue weighted by Crippen LogP contribution is -2.57. The molecule has 2 fully saturated rings. The van der Waals surface area contributed by atoms with Crippen LogP contribution in [0.3, 0.4) is 0 Å². The largest absolute Gasteiger partial charge is 0.355 e. The normalized spacial score (nSPS) is 17.9. The molecule has 0 unspecified atom stereocenters. The summed E-state index contributed by atoms with van der Waals surface area (Å²) in [6.45, 7) is 3.29. The Morgan fingerprint density at radius 2 is 1.76 bits per heavy atom. The zero-order valence-electron chi connectivity index (χ0n) is 21.5. The van der Waals surface area contributed by atoms with Crippen LogP contribution < -0.4 is 10.2 Å². The fourth-order valence-corrected chi connectivity index (χ4v) is 7.08. The Hall–Kier alpha value is -3.50. The number of carbonyl (C=O) groups is 2. The number of sulfonamides is 1. The van der Waals surface area contributed by atoms with Crippen molar-refractivity contribution in [2.75, 3.05) is 37.7 Å². The smallest absolute Gasteiger partial charge is 0.250 e. The van der Waals surface area contributed by atoms with Crippen LogP contribution in [0.4, 0.5) is 5.69 Å². The number of pyridine rings is 1. The molecule has 9 nitrogen and oxygen atoms in total. The molecular formula is C28H33N5O4S. The molecule has 0 bridgehead atoms. The van der Waals surface area contributed by atoms with Crippen molar-refractivity contribution in [2.24, 2.45) is 0 Å². The van der Waals surface area contributed by atoms with Crippen molar-refractivity contribution >= 4 is 38.4 Å². The second-order valence-electron chi connectivity index (χ2n) is 9.88. The number of nitrogens with zero attached hydrogens (tertiary/aromatic N) is 4. The van der Waals surface area contributed by atoms with Crippen LogP contribution in [0.5, 0.6) is 0 Å². The number of hydrogen-bond donors (Lipinski definition) is 1. The molecule has 3 heterocycles. The minimum atomic E-state index is -3.82. The third-order valence-corrected chi connectivity index (χ3v) is 9.46. The highest BCUT2D eigenvalue weighted by molar-refractivity contribution is 7.89. The Balaban J connectivity index is 1.39. The molecule has 2 aliphatic rings. The molecule has 0 saturated carbocycles. The van der Waals surface area contributed by atoms with Gasteiger partial charge >= 0.3 is 0 Å². The van der Waals surface area contributed by atoms with Gasteiger partial charge in [-0.1, -0.05) is 49.7 Å². The minimum Gasteiger partial charge on any atom is -0.355 e. The van der Waals surface area contributed by atoms with Crippen LogP contribution in [-0.4, -0.2) is 72.8 Å². The van der Waals surface area contributed by atoms with E-state index in [9.17, 15) is 18.0 Å². The fourth-order valence-electron chi connectivity index (χ4n) is 5.48. The lowest BCUT2D eigenvalue weighted by atomic mass is 9.86. The van der Waals surface area contributed by atoms with Gasteiger partial charge in [-0.2, -0.15) is 4.31 Å². The number of amides is 2. The van der Waals surface area contributed by atoms with Crippen LogP contribution in [0.1, 0.15) is 32.6 Å². The van der Waals surface area contributed by atoms with E-state index in [-0.39, 0.29) is 43.0 Å². The van der Waals surface area contributed by atoms with Crippen molar-refractivity contribution in [2.45, 2.75) is 43.0 Å². The van der Waals surface area contributed by atoms with E-state index < -0.39 is 15.6 Å². The van der Waals surface area contributed by atoms with E-state index >= 15 is 0 Å². The zero-order chi connectivity index (χ0) is 26.8. The predicted molar refractivity (Wildman–Crippen MR) is 146 cm³/mol. The third kappa shape index (κ3) is 4.74. The molecular weight excluding hydrogens is 502 g/mol. The highest BCUT2D eigenvalue weighted by atomic mass is 32.2. The van der Waals surface area contributed by atoms with Gasteiger partial charge in [0.1, 0.15) is 17.0 Å². The van der Waals surface area contributed by atoms with Crippen LogP contribution in [-0.2, 0) is 19.6 Å². The lowest BCUT2D eigenvalue weighted by molar-refractivity contribution is -0.137. The monoisotopic (exact) mass is 535 g/mol. The Morgan fingerprint density at radius 1 is 1.03 bits per heavy atom. The van der Waals surface area contributed by atoms with Crippen LogP contribution >= 0.6 is 0 Å². The van der Waals surface area contributed by atoms with Gasteiger partial charge in [-0.3, -0.25) is 14.6 Å². The number of rotatable bonds is 8. The molecule has 1 aromatic heterocycles. The first kappa shape index (κ1) is 26.1. The van der Waals surface area contributed by atoms with E-state index in [0.717, 1.165) is 23.9 Å². The number of aromatic nitrogens is 1. The molecule has 1 N–H and O–H groups in total. The van der Waals surface area contributed by atoms with E-state index in [2.05, 4.69) is 17.2 Å². The quantitative estimate of drug-likeness (QED) is 0.445. The summed E-state index contributed by atoms with van der Waals surface area (Å²) >= 11 is 0. The zero-order valence-corrected chi connectivity index (χ0v) is 22.4. The molecule has 0 atom stereocenters. The molecule has 5 rings (SSSR count). The second kappa shape index (κ2) is 10.7. The number of carbonyl (C=O) groups excluding carboxylic acids is 2. The van der Waals surface area contributed by atoms with E-state index in [1.165, 1.54) is 4.31 Å². The number of unbranched alkanes of at least 4 members (excludes halogenated alkanes) is 1. The van der Waals surface area contributed by atoms with Crippen molar-refractivity contribution in [3.05, 3.63) is 66.9 Å². The number of piperidine rings is 1. The summed E-state index contributed by atoms with van der Waals surface area (Å²) in [5.41, 5.74) is 0.413. The van der Waals surface area contributed by atoms with E-state index in [1.54, 1.807) is 29.3 Å². The predicted octanol–water partition coefficient (Wildman–Crippen LogP) is 2.98. The number of nitrogens with one attached hydrogen (secondary N) is 1. The third-order valence-electron chi connectivity index (χ3n) is 7.53. The Labute approximate surface area is 223 Å². The van der Waals surface area contributed by atoms with Gasteiger partial charge in [-0.15, -0.1) is 0 Å². The molecule has 0 radical (unpaired) electrons. The van der Waals surface area contributed by atoms with Crippen LogP contribution in [0.15, 0.2) is 71.8 Å². The standard InChI is InChI=1S/C28H33N5O4S/c1-2-3-16-29-25(34)20-31-21-33(23-11-5-4-6-12-23)28(27(31)35)14-18-32(19-15-28)38(36,37)24-13-7-9-22-10-8-17-30-26(22)24/h4-13,17H,2-3,14-16,18-21H2,1H3,(H,29,34). The Bertz CT molecular complexity index is 1420. The molecule has 3 aromatic rings. The molecule has 0 aliphatic carbocycles. The van der Waals surface area contributed by atoms with E-state index in [0.29, 0.717) is 24.9 Å². The maximum Gasteiger partial charge on any atom is 0.250 e.